The van der Waals surface area contributed by atoms with Crippen molar-refractivity contribution in [3.8, 4) is 0 Å². The van der Waals surface area contributed by atoms with E-state index in [-0.39, 0.29) is 11.2 Å². The van der Waals surface area contributed by atoms with E-state index in [0.29, 0.717) is 12.0 Å². The van der Waals surface area contributed by atoms with E-state index in [1.807, 2.05) is 30.3 Å². The number of H-pyrrole nitrogens is 2. The van der Waals surface area contributed by atoms with Crippen molar-refractivity contribution >= 4 is 34.6 Å². The molecule has 330 valence electrons. The molecule has 28 heteroatoms. The van der Waals surface area contributed by atoms with Crippen molar-refractivity contribution in [3.63, 3.8) is 0 Å². The number of hydrogen-bond donors (Lipinski definition) is 5. The summed E-state index contributed by atoms with van der Waals surface area (Å²) >= 11 is 0. The first-order chi connectivity index (χ1) is 29.6. The highest BCUT2D eigenvalue weighted by molar-refractivity contribution is 7.66. The van der Waals surface area contributed by atoms with Crippen molar-refractivity contribution in [2.45, 2.75) is 68.1 Å². The average Bonchev–Trinajstić information content (AvgIpc) is 4.05. The molecule has 4 saturated heterocycles. The molecule has 4 aliphatic heterocycles. The molecule has 5 aromatic rings. The number of fused-ring (bicyclic) bond motifs is 3. The Labute approximate surface area is 346 Å². The number of imidazole rings is 1. The van der Waals surface area contributed by atoms with E-state index in [4.69, 9.17) is 37.5 Å². The van der Waals surface area contributed by atoms with Crippen molar-refractivity contribution in [2.75, 3.05) is 13.2 Å². The maximum Gasteiger partial charge on any atom is 0.490 e. The van der Waals surface area contributed by atoms with Gasteiger partial charge in [0.1, 0.15) is 36.6 Å². The second kappa shape index (κ2) is 17.0. The van der Waals surface area contributed by atoms with E-state index < -0.39 is 115 Å². The van der Waals surface area contributed by atoms with Crippen LogP contribution in [0.15, 0.2) is 100.0 Å². The van der Waals surface area contributed by atoms with Crippen LogP contribution < -0.4 is 16.8 Å². The molecule has 3 aromatic heterocycles. The summed E-state index contributed by atoms with van der Waals surface area (Å²) in [6, 6.07) is 18.9. The number of hydrogen-bond acceptors (Lipinski definition) is 18. The summed E-state index contributed by atoms with van der Waals surface area (Å²) in [6.07, 6.45) is -6.72. The molecule has 7 heterocycles. The minimum Gasteiger partial charge on any atom is -0.347 e. The largest absolute Gasteiger partial charge is 0.490 e. The smallest absolute Gasteiger partial charge is 0.347 e. The van der Waals surface area contributed by atoms with E-state index in [0.717, 1.165) is 22.4 Å². The minimum atomic E-state index is -5.96. The van der Waals surface area contributed by atoms with Gasteiger partial charge in [0.05, 0.1) is 25.9 Å². The molecule has 0 amide bonds. The summed E-state index contributed by atoms with van der Waals surface area (Å²) in [6.45, 7) is -1.71. The zero-order chi connectivity index (χ0) is 43.4. The Balaban J connectivity index is 0.849. The molecule has 0 bridgehead atoms. The van der Waals surface area contributed by atoms with Gasteiger partial charge in [-0.1, -0.05) is 60.7 Å². The van der Waals surface area contributed by atoms with E-state index in [1.165, 1.54) is 17.2 Å². The summed E-state index contributed by atoms with van der Waals surface area (Å²) < 4.78 is 96.3. The lowest BCUT2D eigenvalue weighted by Gasteiger charge is -2.23. The molecule has 0 aliphatic carbocycles. The maximum absolute atomic E-state index is 13.0. The number of phosphoric ester groups is 2. The van der Waals surface area contributed by atoms with Crippen LogP contribution >= 0.6 is 23.5 Å². The summed E-state index contributed by atoms with van der Waals surface area (Å²) in [5.74, 6) is 0. The van der Waals surface area contributed by atoms with Crippen LogP contribution in [0, 0.1) is 0 Å². The fraction of sp³-hybridized carbons (Fsp3) is 0.382. The molecule has 25 nitrogen and oxygen atoms in total. The number of aromatic amines is 2. The molecule has 4 aliphatic rings. The summed E-state index contributed by atoms with van der Waals surface area (Å²) in [5.41, 5.74) is -0.504. The van der Waals surface area contributed by atoms with Crippen molar-refractivity contribution in [1.29, 1.82) is 0 Å². The molecule has 4 fully saturated rings. The predicted octanol–water partition coefficient (Wildman–Crippen LogP) is 1.67. The molecule has 5 N–H and O–H groups in total. The Kier molecular flexibility index (Phi) is 11.7. The van der Waals surface area contributed by atoms with Gasteiger partial charge in [0.25, 0.3) is 11.1 Å². The molecule has 2 aromatic carbocycles. The van der Waals surface area contributed by atoms with Gasteiger partial charge in [-0.25, -0.2) is 28.5 Å². The van der Waals surface area contributed by atoms with E-state index >= 15 is 0 Å². The molecule has 5 unspecified atom stereocenters. The van der Waals surface area contributed by atoms with Gasteiger partial charge >= 0.3 is 29.2 Å². The lowest BCUT2D eigenvalue weighted by atomic mass is 10.1. The average molecular weight is 925 g/mol. The first-order valence-corrected chi connectivity index (χ1v) is 23.0. The number of aromatic nitrogens is 6. The highest BCUT2D eigenvalue weighted by Gasteiger charge is 2.56. The predicted molar refractivity (Wildman–Crippen MR) is 203 cm³/mol. The monoisotopic (exact) mass is 924 g/mol. The highest BCUT2D eigenvalue weighted by Crippen LogP contribution is 2.68. The zero-order valence-corrected chi connectivity index (χ0v) is 34.2. The SMILES string of the molecule is O=c1ccn([C@@H]2O[C@H](COP(=O)(O)OP(=O)(O)OP(=O)(O)OC[C@H]3O[C@@H](n4cnc5c(=O)[nH]cnc54)[C@@H]4OC(Cc5ccccc5)O[C@@H]43)[C@H]3OC(c4ccccc4)O[C@H]32)c(=O)[nH]1. The zero-order valence-electron chi connectivity index (χ0n) is 31.5. The van der Waals surface area contributed by atoms with Gasteiger partial charge in [-0.15, -0.1) is 0 Å². The second-order valence-electron chi connectivity index (χ2n) is 14.1. The summed E-state index contributed by atoms with van der Waals surface area (Å²) in [4.78, 5) is 80.9. The van der Waals surface area contributed by atoms with Crippen molar-refractivity contribution in [1.82, 2.24) is 29.1 Å². The van der Waals surface area contributed by atoms with Crippen LogP contribution in [0.25, 0.3) is 11.2 Å². The van der Waals surface area contributed by atoms with Crippen LogP contribution in [-0.4, -0.2) is 99.9 Å². The number of benzene rings is 2. The minimum absolute atomic E-state index is 0.00592. The molecule has 0 spiro atoms. The van der Waals surface area contributed by atoms with E-state index in [2.05, 4.69) is 28.6 Å². The van der Waals surface area contributed by atoms with Gasteiger partial charge in [-0.2, -0.15) is 8.62 Å². The van der Waals surface area contributed by atoms with Crippen LogP contribution in [0.5, 0.6) is 0 Å². The van der Waals surface area contributed by atoms with Gasteiger partial charge in [0.2, 0.25) is 0 Å². The topological polar surface area (TPSA) is 323 Å². The third kappa shape index (κ3) is 9.03. The number of rotatable bonds is 15. The molecule has 62 heavy (non-hydrogen) atoms. The van der Waals surface area contributed by atoms with E-state index in [1.54, 1.807) is 30.3 Å². The number of nitrogens with one attached hydrogen (secondary N) is 2. The van der Waals surface area contributed by atoms with Crippen LogP contribution in [0.2, 0.25) is 0 Å². The van der Waals surface area contributed by atoms with Crippen LogP contribution in [0.3, 0.4) is 0 Å². The third-order valence-corrected chi connectivity index (χ3v) is 14.3. The fourth-order valence-electron chi connectivity index (χ4n) is 7.46. The Morgan fingerprint density at radius 1 is 0.677 bits per heavy atom. The van der Waals surface area contributed by atoms with Crippen molar-refractivity contribution in [2.24, 2.45) is 0 Å². The third-order valence-electron chi connectivity index (χ3n) is 10.0. The van der Waals surface area contributed by atoms with Crippen molar-refractivity contribution < 1.29 is 74.5 Å². The lowest BCUT2D eigenvalue weighted by Crippen LogP contribution is -2.36. The first-order valence-electron chi connectivity index (χ1n) is 18.6. The van der Waals surface area contributed by atoms with Crippen LogP contribution in [0.4, 0.5) is 0 Å². The number of nitrogens with zero attached hydrogens (tertiary/aromatic N) is 4. The molecule has 13 atom stereocenters. The summed E-state index contributed by atoms with van der Waals surface area (Å²) in [7, 11) is -17.2. The number of phosphoric acid groups is 3. The quantitative estimate of drug-likeness (QED) is 0.0932. The molecule has 0 radical (unpaired) electrons. The maximum atomic E-state index is 13.0. The fourth-order valence-corrected chi connectivity index (χ4v) is 11.0. The normalized spacial score (nSPS) is 31.0. The Morgan fingerprint density at radius 2 is 1.26 bits per heavy atom. The van der Waals surface area contributed by atoms with Gasteiger partial charge < -0.3 is 48.1 Å². The Bertz CT molecular complexity index is 2760. The first kappa shape index (κ1) is 42.9. The van der Waals surface area contributed by atoms with Gasteiger partial charge in [0.15, 0.2) is 36.2 Å². The Hall–Kier alpha value is -4.36. The van der Waals surface area contributed by atoms with Gasteiger partial charge in [-0.05, 0) is 5.56 Å². The van der Waals surface area contributed by atoms with E-state index in [9.17, 15) is 42.8 Å². The van der Waals surface area contributed by atoms with Gasteiger partial charge in [-0.3, -0.25) is 32.8 Å². The van der Waals surface area contributed by atoms with Crippen LogP contribution in [0.1, 0.15) is 29.9 Å². The molecule has 0 saturated carbocycles. The van der Waals surface area contributed by atoms with Gasteiger partial charge in [0, 0.05) is 24.2 Å². The lowest BCUT2D eigenvalue weighted by molar-refractivity contribution is -0.154. The Morgan fingerprint density at radius 3 is 1.92 bits per heavy atom. The second-order valence-corrected chi connectivity index (χ2v) is 18.8. The number of ether oxygens (including phenoxy) is 6. The van der Waals surface area contributed by atoms with Crippen molar-refractivity contribution in [3.05, 3.63) is 128 Å². The molecular formula is C34H35N6O19P3. The molecule has 9 rings (SSSR count). The van der Waals surface area contributed by atoms with Crippen LogP contribution in [-0.2, 0) is 66.2 Å². The summed E-state index contributed by atoms with van der Waals surface area (Å²) in [5, 5.41) is 0. The highest BCUT2D eigenvalue weighted by atomic mass is 31.3. The standard InChI is InChI=1S/C34H35N6O19P3/c41-22-11-12-39(34(43)38-22)31-28-26(56-33(57-28)19-9-5-2-6-10-19)21(52-31)15-51-61(46,47)59-62(48,49)58-60(44,45)50-14-20-25-27(55-23(54-25)13-18-7-3-1-4-8-18)32(53-20)40-17-37-24-29(40)35-16-36-30(24)42/h1-12,16-17,20-21,23,25-28,31-33H,13-15H2,(H,44,45)(H,46,47)(H,48,49)(H,35,36,42)(H,38,41,43)/t20-,21-,23?,25-,26-,27-,28-,31-,32-,33?/m1/s1. The molecular weight excluding hydrogens is 889 g/mol.